The smallest absolute Gasteiger partial charge is 0.134 e. The lowest BCUT2D eigenvalue weighted by atomic mass is 9.73. The number of ether oxygens (including phenoxy) is 1. The third-order valence-corrected chi connectivity index (χ3v) is 3.96. The van der Waals surface area contributed by atoms with E-state index in [1.54, 1.807) is 0 Å². The van der Waals surface area contributed by atoms with Crippen LogP contribution in [0.5, 0.6) is 11.5 Å². The van der Waals surface area contributed by atoms with Crippen LogP contribution in [0.2, 0.25) is 0 Å². The highest BCUT2D eigenvalue weighted by Gasteiger charge is 2.35. The average molecular weight is 238 g/mol. The van der Waals surface area contributed by atoms with E-state index >= 15 is 0 Å². The van der Waals surface area contributed by atoms with Gasteiger partial charge in [0.15, 0.2) is 0 Å². The molecule has 0 atom stereocenters. The molecule has 1 heterocycles. The Bertz CT molecular complexity index is 624. The largest absolute Gasteiger partial charge is 0.456 e. The molecule has 2 aromatic carbocycles. The van der Waals surface area contributed by atoms with Crippen molar-refractivity contribution >= 4 is 0 Å². The van der Waals surface area contributed by atoms with Gasteiger partial charge in [-0.1, -0.05) is 44.2 Å². The summed E-state index contributed by atoms with van der Waals surface area (Å²) in [5.41, 5.74) is 5.09. The molecule has 92 valence electrons. The maximum Gasteiger partial charge on any atom is 0.134 e. The van der Waals surface area contributed by atoms with Crippen LogP contribution < -0.4 is 4.74 Å². The Labute approximate surface area is 108 Å². The maximum absolute atomic E-state index is 6.12. The third kappa shape index (κ3) is 1.40. The third-order valence-electron chi connectivity index (χ3n) is 3.96. The molecule has 0 aromatic heterocycles. The normalized spacial score (nSPS) is 15.6. The first-order valence-electron chi connectivity index (χ1n) is 6.40. The SMILES string of the molecule is Cc1cccc2c1Oc1cccc(C)c1C2(C)C. The monoisotopic (exact) mass is 238 g/mol. The molecule has 0 radical (unpaired) electrons. The average Bonchev–Trinajstić information content (AvgIpc) is 2.30. The van der Waals surface area contributed by atoms with E-state index in [0.29, 0.717) is 0 Å². The summed E-state index contributed by atoms with van der Waals surface area (Å²) in [6, 6.07) is 12.7. The summed E-state index contributed by atoms with van der Waals surface area (Å²) >= 11 is 0. The minimum absolute atomic E-state index is 0.000278. The lowest BCUT2D eigenvalue weighted by molar-refractivity contribution is 0.413. The molecule has 0 amide bonds. The molecule has 2 aromatic rings. The van der Waals surface area contributed by atoms with Gasteiger partial charge in [0.2, 0.25) is 0 Å². The predicted octanol–water partition coefficient (Wildman–Crippen LogP) is 4.74. The van der Waals surface area contributed by atoms with E-state index in [1.165, 1.54) is 22.3 Å². The van der Waals surface area contributed by atoms with Crippen LogP contribution in [0.4, 0.5) is 0 Å². The molecule has 1 aliphatic rings. The molecule has 1 heteroatoms. The molecule has 0 spiro atoms. The van der Waals surface area contributed by atoms with Gasteiger partial charge >= 0.3 is 0 Å². The van der Waals surface area contributed by atoms with Crippen molar-refractivity contribution in [3.05, 3.63) is 58.7 Å². The van der Waals surface area contributed by atoms with Gasteiger partial charge in [-0.05, 0) is 31.0 Å². The fourth-order valence-corrected chi connectivity index (χ4v) is 3.05. The Hall–Kier alpha value is -1.76. The Kier molecular flexibility index (Phi) is 2.28. The minimum Gasteiger partial charge on any atom is -0.456 e. The summed E-state index contributed by atoms with van der Waals surface area (Å²) in [6.45, 7) is 8.82. The summed E-state index contributed by atoms with van der Waals surface area (Å²) in [6.07, 6.45) is 0. The number of rotatable bonds is 0. The summed E-state index contributed by atoms with van der Waals surface area (Å²) in [5, 5.41) is 0. The minimum atomic E-state index is 0.000278. The Balaban J connectivity index is 2.34. The Morgan fingerprint density at radius 1 is 0.889 bits per heavy atom. The van der Waals surface area contributed by atoms with E-state index in [-0.39, 0.29) is 5.41 Å². The lowest BCUT2D eigenvalue weighted by Crippen LogP contribution is -2.25. The highest BCUT2D eigenvalue weighted by molar-refractivity contribution is 5.60. The van der Waals surface area contributed by atoms with Crippen molar-refractivity contribution < 1.29 is 4.74 Å². The van der Waals surface area contributed by atoms with Crippen molar-refractivity contribution in [2.24, 2.45) is 0 Å². The second kappa shape index (κ2) is 3.61. The topological polar surface area (TPSA) is 9.23 Å². The number of para-hydroxylation sites is 1. The molecule has 0 saturated carbocycles. The summed E-state index contributed by atoms with van der Waals surface area (Å²) in [7, 11) is 0. The van der Waals surface area contributed by atoms with Gasteiger partial charge in [0, 0.05) is 16.5 Å². The van der Waals surface area contributed by atoms with Gasteiger partial charge in [-0.15, -0.1) is 0 Å². The van der Waals surface area contributed by atoms with Crippen molar-refractivity contribution in [1.29, 1.82) is 0 Å². The summed E-state index contributed by atoms with van der Waals surface area (Å²) in [5.74, 6) is 2.03. The predicted molar refractivity (Wildman–Crippen MR) is 74.6 cm³/mol. The molecule has 1 nitrogen and oxygen atoms in total. The van der Waals surface area contributed by atoms with Crippen LogP contribution in [0, 0.1) is 13.8 Å². The number of hydrogen-bond acceptors (Lipinski definition) is 1. The number of aryl methyl sites for hydroxylation is 2. The molecule has 0 saturated heterocycles. The first kappa shape index (κ1) is 11.3. The molecule has 0 N–H and O–H groups in total. The maximum atomic E-state index is 6.12. The molecule has 0 bridgehead atoms. The molecule has 18 heavy (non-hydrogen) atoms. The zero-order chi connectivity index (χ0) is 12.9. The molecule has 1 aliphatic heterocycles. The lowest BCUT2D eigenvalue weighted by Gasteiger charge is -2.36. The highest BCUT2D eigenvalue weighted by Crippen LogP contribution is 2.49. The van der Waals surface area contributed by atoms with Crippen molar-refractivity contribution in [2.45, 2.75) is 33.1 Å². The van der Waals surface area contributed by atoms with E-state index < -0.39 is 0 Å². The van der Waals surface area contributed by atoms with Crippen LogP contribution >= 0.6 is 0 Å². The van der Waals surface area contributed by atoms with Crippen molar-refractivity contribution in [3.63, 3.8) is 0 Å². The first-order chi connectivity index (χ1) is 8.51. The van der Waals surface area contributed by atoms with Crippen LogP contribution in [0.15, 0.2) is 36.4 Å². The van der Waals surface area contributed by atoms with Crippen LogP contribution in [-0.2, 0) is 5.41 Å². The number of fused-ring (bicyclic) bond motifs is 2. The molecular weight excluding hydrogens is 220 g/mol. The van der Waals surface area contributed by atoms with Gasteiger partial charge in [0.05, 0.1) is 0 Å². The number of benzene rings is 2. The summed E-state index contributed by atoms with van der Waals surface area (Å²) < 4.78 is 6.12. The van der Waals surface area contributed by atoms with E-state index in [9.17, 15) is 0 Å². The van der Waals surface area contributed by atoms with E-state index in [0.717, 1.165) is 11.5 Å². The standard InChI is InChI=1S/C17H18O/c1-11-7-6-10-14-15(11)17(3,4)13-9-5-8-12(2)16(13)18-14/h5-10H,1-4H3. The quantitative estimate of drug-likeness (QED) is 0.644. The van der Waals surface area contributed by atoms with Gasteiger partial charge in [-0.2, -0.15) is 0 Å². The van der Waals surface area contributed by atoms with Gasteiger partial charge < -0.3 is 4.74 Å². The van der Waals surface area contributed by atoms with Crippen molar-refractivity contribution in [2.75, 3.05) is 0 Å². The zero-order valence-corrected chi connectivity index (χ0v) is 11.4. The van der Waals surface area contributed by atoms with Crippen LogP contribution in [0.3, 0.4) is 0 Å². The fraction of sp³-hybridized carbons (Fsp3) is 0.294. The van der Waals surface area contributed by atoms with Gasteiger partial charge in [0.1, 0.15) is 11.5 Å². The van der Waals surface area contributed by atoms with E-state index in [2.05, 4.69) is 64.1 Å². The van der Waals surface area contributed by atoms with Crippen molar-refractivity contribution in [1.82, 2.24) is 0 Å². The summed E-state index contributed by atoms with van der Waals surface area (Å²) in [4.78, 5) is 0. The highest BCUT2D eigenvalue weighted by atomic mass is 16.5. The van der Waals surface area contributed by atoms with Crippen LogP contribution in [-0.4, -0.2) is 0 Å². The fourth-order valence-electron chi connectivity index (χ4n) is 3.05. The zero-order valence-electron chi connectivity index (χ0n) is 11.4. The van der Waals surface area contributed by atoms with Crippen LogP contribution in [0.1, 0.15) is 36.1 Å². The number of hydrogen-bond donors (Lipinski definition) is 0. The molecule has 0 aliphatic carbocycles. The molecule has 0 unspecified atom stereocenters. The molecule has 3 rings (SSSR count). The molecule has 0 fully saturated rings. The Morgan fingerprint density at radius 3 is 2.33 bits per heavy atom. The van der Waals surface area contributed by atoms with Crippen LogP contribution in [0.25, 0.3) is 0 Å². The van der Waals surface area contributed by atoms with Gasteiger partial charge in [-0.3, -0.25) is 0 Å². The van der Waals surface area contributed by atoms with E-state index in [1.807, 2.05) is 0 Å². The first-order valence-corrected chi connectivity index (χ1v) is 6.40. The van der Waals surface area contributed by atoms with Crippen molar-refractivity contribution in [3.8, 4) is 11.5 Å². The second-order valence-corrected chi connectivity index (χ2v) is 5.63. The van der Waals surface area contributed by atoms with E-state index in [4.69, 9.17) is 4.74 Å². The Morgan fingerprint density at radius 2 is 1.56 bits per heavy atom. The van der Waals surface area contributed by atoms with Gasteiger partial charge in [-0.25, -0.2) is 0 Å². The second-order valence-electron chi connectivity index (χ2n) is 5.63. The molecular formula is C17H18O. The van der Waals surface area contributed by atoms with Gasteiger partial charge in [0.25, 0.3) is 0 Å².